The van der Waals surface area contributed by atoms with E-state index < -0.39 is 0 Å². The molecule has 0 radical (unpaired) electrons. The molecule has 0 aliphatic carbocycles. The molecular formula is C54H34N2. The lowest BCUT2D eigenvalue weighted by Gasteiger charge is -2.20. The molecule has 1 aliphatic heterocycles. The normalized spacial score (nSPS) is 12.5. The molecule has 0 saturated carbocycles. The van der Waals surface area contributed by atoms with Gasteiger partial charge < -0.3 is 0 Å². The lowest BCUT2D eigenvalue weighted by Crippen LogP contribution is -2.11. The number of hydrogen-bond donors (Lipinski definition) is 0. The number of nitrogens with zero attached hydrogens (tertiary/aromatic N) is 2. The quantitative estimate of drug-likeness (QED) is 0.174. The lowest BCUT2D eigenvalue weighted by molar-refractivity contribution is 1.40. The summed E-state index contributed by atoms with van der Waals surface area (Å²) in [5, 5.41) is 9.66. The Morgan fingerprint density at radius 1 is 0.196 bits per heavy atom. The van der Waals surface area contributed by atoms with Crippen LogP contribution in [0.1, 0.15) is 22.3 Å². The summed E-state index contributed by atoms with van der Waals surface area (Å²) in [5.74, 6) is 0. The smallest absolute Gasteiger partial charge is 0.0809 e. The summed E-state index contributed by atoms with van der Waals surface area (Å²) < 4.78 is 0. The molecule has 2 heteroatoms. The van der Waals surface area contributed by atoms with Crippen LogP contribution in [0, 0.1) is 0 Å². The maximum atomic E-state index is 5.60. The Balaban J connectivity index is 1.12. The third-order valence-electron chi connectivity index (χ3n) is 11.3. The van der Waals surface area contributed by atoms with Crippen LogP contribution in [0.4, 0.5) is 11.4 Å². The van der Waals surface area contributed by atoms with E-state index in [2.05, 4.69) is 206 Å². The summed E-state index contributed by atoms with van der Waals surface area (Å²) in [6.45, 7) is 0. The molecule has 0 aromatic heterocycles. The van der Waals surface area contributed by atoms with E-state index in [1.807, 2.05) is 0 Å². The van der Waals surface area contributed by atoms with Crippen LogP contribution < -0.4 is 0 Å². The zero-order valence-electron chi connectivity index (χ0n) is 30.5. The highest BCUT2D eigenvalue weighted by molar-refractivity contribution is 6.28. The van der Waals surface area contributed by atoms with E-state index in [1.54, 1.807) is 0 Å². The van der Waals surface area contributed by atoms with Gasteiger partial charge in [0.15, 0.2) is 0 Å². The average Bonchev–Trinajstić information content (AvgIpc) is 3.26. The first kappa shape index (κ1) is 32.0. The molecule has 2 nitrogen and oxygen atoms in total. The van der Waals surface area contributed by atoms with Crippen LogP contribution in [0.2, 0.25) is 0 Å². The minimum atomic E-state index is 0.889. The first-order valence-electron chi connectivity index (χ1n) is 19.2. The van der Waals surface area contributed by atoms with Crippen LogP contribution in [-0.2, 0) is 0 Å². The van der Waals surface area contributed by atoms with Crippen molar-refractivity contribution in [1.29, 1.82) is 0 Å². The number of benzene rings is 10. The van der Waals surface area contributed by atoms with E-state index in [0.717, 1.165) is 55.8 Å². The van der Waals surface area contributed by atoms with Crippen molar-refractivity contribution in [2.75, 3.05) is 0 Å². The van der Waals surface area contributed by atoms with Crippen molar-refractivity contribution in [3.05, 3.63) is 229 Å². The number of hydrogen-bond acceptors (Lipinski definition) is 2. The molecule has 10 aromatic rings. The van der Waals surface area contributed by atoms with Gasteiger partial charge in [-0.25, -0.2) is 9.98 Å². The molecule has 260 valence electrons. The van der Waals surface area contributed by atoms with Crippen LogP contribution in [0.15, 0.2) is 216 Å². The topological polar surface area (TPSA) is 24.7 Å². The minimum Gasteiger partial charge on any atom is -0.247 e. The van der Waals surface area contributed by atoms with E-state index in [4.69, 9.17) is 9.98 Å². The number of para-hydroxylation sites is 2. The van der Waals surface area contributed by atoms with E-state index in [9.17, 15) is 0 Å². The Bertz CT molecular complexity index is 3030. The van der Waals surface area contributed by atoms with Gasteiger partial charge in [-0.1, -0.05) is 194 Å². The van der Waals surface area contributed by atoms with E-state index >= 15 is 0 Å². The largest absolute Gasteiger partial charge is 0.247 e. The van der Waals surface area contributed by atoms with Crippen molar-refractivity contribution in [1.82, 2.24) is 0 Å². The third kappa shape index (κ3) is 5.19. The molecule has 10 aromatic carbocycles. The lowest BCUT2D eigenvalue weighted by atomic mass is 9.88. The van der Waals surface area contributed by atoms with Gasteiger partial charge in [-0.15, -0.1) is 0 Å². The van der Waals surface area contributed by atoms with Crippen molar-refractivity contribution in [3.63, 3.8) is 0 Å². The minimum absolute atomic E-state index is 0.889. The second kappa shape index (κ2) is 13.2. The fraction of sp³-hybridized carbons (Fsp3) is 0. The van der Waals surface area contributed by atoms with Crippen molar-refractivity contribution >= 4 is 65.9 Å². The van der Waals surface area contributed by atoms with Gasteiger partial charge in [0.1, 0.15) is 0 Å². The van der Waals surface area contributed by atoms with Crippen LogP contribution in [0.25, 0.3) is 65.3 Å². The molecule has 0 saturated heterocycles. The van der Waals surface area contributed by atoms with Crippen molar-refractivity contribution in [2.24, 2.45) is 9.98 Å². The second-order valence-corrected chi connectivity index (χ2v) is 14.4. The van der Waals surface area contributed by atoms with Crippen molar-refractivity contribution in [2.45, 2.75) is 0 Å². The Kier molecular flexibility index (Phi) is 7.53. The molecule has 11 rings (SSSR count). The van der Waals surface area contributed by atoms with Gasteiger partial charge in [-0.3, -0.25) is 0 Å². The fourth-order valence-corrected chi connectivity index (χ4v) is 8.74. The van der Waals surface area contributed by atoms with E-state index in [0.29, 0.717) is 0 Å². The Labute approximate surface area is 325 Å². The highest BCUT2D eigenvalue weighted by atomic mass is 14.8. The molecule has 0 atom stereocenters. The maximum Gasteiger partial charge on any atom is 0.0809 e. The summed E-state index contributed by atoms with van der Waals surface area (Å²) in [5.41, 5.74) is 12.6. The predicted octanol–water partition coefficient (Wildman–Crippen LogP) is 14.3. The molecule has 0 unspecified atom stereocenters. The number of rotatable bonds is 4. The zero-order chi connectivity index (χ0) is 37.0. The summed E-state index contributed by atoms with van der Waals surface area (Å²) in [4.78, 5) is 11.2. The van der Waals surface area contributed by atoms with E-state index in [-0.39, 0.29) is 0 Å². The Hall–Kier alpha value is -7.42. The van der Waals surface area contributed by atoms with Gasteiger partial charge in [0.25, 0.3) is 0 Å². The summed E-state index contributed by atoms with van der Waals surface area (Å²) >= 11 is 0. The van der Waals surface area contributed by atoms with Crippen LogP contribution >= 0.6 is 0 Å². The molecule has 0 spiro atoms. The van der Waals surface area contributed by atoms with Gasteiger partial charge >= 0.3 is 0 Å². The molecule has 0 fully saturated rings. The number of aliphatic imine (C=N–C) groups is 2. The van der Waals surface area contributed by atoms with E-state index in [1.165, 1.54) is 54.6 Å². The van der Waals surface area contributed by atoms with Gasteiger partial charge in [0, 0.05) is 22.3 Å². The first-order valence-corrected chi connectivity index (χ1v) is 19.2. The van der Waals surface area contributed by atoms with Crippen molar-refractivity contribution in [3.8, 4) is 22.3 Å². The van der Waals surface area contributed by atoms with Crippen LogP contribution in [0.3, 0.4) is 0 Å². The van der Waals surface area contributed by atoms with Gasteiger partial charge in [-0.2, -0.15) is 0 Å². The summed E-state index contributed by atoms with van der Waals surface area (Å²) in [7, 11) is 0. The predicted molar refractivity (Wildman–Crippen MR) is 237 cm³/mol. The average molecular weight is 711 g/mol. The van der Waals surface area contributed by atoms with Gasteiger partial charge in [-0.05, 0) is 77.5 Å². The maximum absolute atomic E-state index is 5.60. The fourth-order valence-electron chi connectivity index (χ4n) is 8.74. The van der Waals surface area contributed by atoms with Gasteiger partial charge in [0.2, 0.25) is 0 Å². The molecule has 0 bridgehead atoms. The Morgan fingerprint density at radius 2 is 0.464 bits per heavy atom. The van der Waals surface area contributed by atoms with Gasteiger partial charge in [0.05, 0.1) is 22.8 Å². The molecule has 56 heavy (non-hydrogen) atoms. The highest BCUT2D eigenvalue weighted by Gasteiger charge is 2.23. The highest BCUT2D eigenvalue weighted by Crippen LogP contribution is 2.40. The molecule has 1 aliphatic rings. The SMILES string of the molecule is c1ccc2c(c1)N=C(c1cccc3c(-c4cccc5ccccc45)cccc13)c1ccccc1N=C2c1cccc2c(-c3cccc4ccccc34)cccc12. The molecule has 0 amide bonds. The standard InChI is InChI=1S/C54H34N2/c1-3-19-37-35(15-1)17-9-23-39(37)41-25-11-29-45-43(41)27-13-31-47(45)53-49-21-5-7-33-51(49)56-54(50-22-6-8-34-52(50)55-53)48-32-14-28-44-42(26-12-30-46(44)48)40-24-10-18-36-16-2-4-20-38(36)40/h1-34H. The molecule has 0 N–H and O–H groups in total. The third-order valence-corrected chi connectivity index (χ3v) is 11.3. The monoisotopic (exact) mass is 710 g/mol. The molecular weight excluding hydrogens is 677 g/mol. The van der Waals surface area contributed by atoms with Crippen molar-refractivity contribution < 1.29 is 0 Å². The zero-order valence-corrected chi connectivity index (χ0v) is 30.5. The Morgan fingerprint density at radius 3 is 0.911 bits per heavy atom. The summed E-state index contributed by atoms with van der Waals surface area (Å²) in [6, 6.07) is 73.8. The molecule has 1 heterocycles. The van der Waals surface area contributed by atoms with Crippen LogP contribution in [-0.4, -0.2) is 11.4 Å². The van der Waals surface area contributed by atoms with Crippen LogP contribution in [0.5, 0.6) is 0 Å². The summed E-state index contributed by atoms with van der Waals surface area (Å²) in [6.07, 6.45) is 0. The number of fused-ring (bicyclic) bond motifs is 6. The second-order valence-electron chi connectivity index (χ2n) is 14.4. The first-order chi connectivity index (χ1) is 27.8.